The highest BCUT2D eigenvalue weighted by Gasteiger charge is 2.09. The van der Waals surface area contributed by atoms with Crippen molar-refractivity contribution in [3.63, 3.8) is 0 Å². The number of rotatable bonds is 6. The van der Waals surface area contributed by atoms with Crippen molar-refractivity contribution >= 4 is 17.4 Å². The van der Waals surface area contributed by atoms with Crippen molar-refractivity contribution in [2.24, 2.45) is 0 Å². The second-order valence-electron chi connectivity index (χ2n) is 6.29. The van der Waals surface area contributed by atoms with E-state index in [2.05, 4.69) is 4.98 Å². The Kier molecular flexibility index (Phi) is 5.23. The number of benzene rings is 2. The molecule has 0 bridgehead atoms. The van der Waals surface area contributed by atoms with Gasteiger partial charge in [0.05, 0.1) is 0 Å². The Morgan fingerprint density at radius 3 is 2.15 bits per heavy atom. The first-order valence-electron chi connectivity index (χ1n) is 8.44. The van der Waals surface area contributed by atoms with Crippen molar-refractivity contribution in [2.75, 3.05) is 5.73 Å². The summed E-state index contributed by atoms with van der Waals surface area (Å²) >= 11 is 0. The third-order valence-electron chi connectivity index (χ3n) is 4.24. The quantitative estimate of drug-likeness (QED) is 0.689. The molecule has 0 saturated heterocycles. The summed E-state index contributed by atoms with van der Waals surface area (Å²) in [5, 5.41) is 0. The van der Waals surface area contributed by atoms with Crippen LogP contribution >= 0.6 is 0 Å². The van der Waals surface area contributed by atoms with Crippen LogP contribution in [0.1, 0.15) is 28.4 Å². The first-order valence-corrected chi connectivity index (χ1v) is 8.44. The van der Waals surface area contributed by atoms with E-state index in [1.807, 2.05) is 54.6 Å². The lowest BCUT2D eigenvalue weighted by atomic mass is 9.99. The number of hydrogen-bond acceptors (Lipinski definition) is 4. The van der Waals surface area contributed by atoms with Gasteiger partial charge in [-0.15, -0.1) is 0 Å². The van der Waals surface area contributed by atoms with Gasteiger partial charge in [-0.2, -0.15) is 0 Å². The Hall–Kier alpha value is -3.27. The monoisotopic (exact) mass is 344 g/mol. The minimum atomic E-state index is -0.0538. The highest BCUT2D eigenvalue weighted by molar-refractivity contribution is 5.96. The van der Waals surface area contributed by atoms with Crippen LogP contribution in [0.5, 0.6) is 0 Å². The second kappa shape index (κ2) is 7.74. The number of nitrogen functional groups attached to an aromatic ring is 1. The summed E-state index contributed by atoms with van der Waals surface area (Å²) in [7, 11) is 0. The summed E-state index contributed by atoms with van der Waals surface area (Å²) in [5.41, 5.74) is 10.0. The Labute approximate surface area is 152 Å². The predicted octanol–water partition coefficient (Wildman–Crippen LogP) is 3.89. The molecule has 0 aliphatic carbocycles. The van der Waals surface area contributed by atoms with Gasteiger partial charge in [-0.25, -0.2) is 4.98 Å². The molecule has 0 unspecified atom stereocenters. The van der Waals surface area contributed by atoms with E-state index < -0.39 is 0 Å². The largest absolute Gasteiger partial charge is 0.383 e. The third-order valence-corrected chi connectivity index (χ3v) is 4.24. The number of aromatic nitrogens is 1. The van der Waals surface area contributed by atoms with Crippen LogP contribution in [0, 0.1) is 0 Å². The van der Waals surface area contributed by atoms with Gasteiger partial charge in [-0.1, -0.05) is 54.6 Å². The standard InChI is InChI=1S/C22H20N2O2/c1-15(25)19-13-21(22(23)24-14-19)18-9-7-17(8-10-18)12-20(26)11-16-5-3-2-4-6-16/h2-10,13-14H,11-12H2,1H3,(H2,23,24). The fourth-order valence-corrected chi connectivity index (χ4v) is 2.81. The number of carbonyl (C=O) groups is 2. The Morgan fingerprint density at radius 1 is 0.923 bits per heavy atom. The summed E-state index contributed by atoms with van der Waals surface area (Å²) in [6.45, 7) is 1.50. The van der Waals surface area contributed by atoms with Gasteiger partial charge in [-0.3, -0.25) is 9.59 Å². The van der Waals surface area contributed by atoms with E-state index in [1.54, 1.807) is 6.07 Å². The molecule has 3 aromatic rings. The predicted molar refractivity (Wildman–Crippen MR) is 103 cm³/mol. The minimum Gasteiger partial charge on any atom is -0.383 e. The van der Waals surface area contributed by atoms with Crippen LogP contribution < -0.4 is 5.73 Å². The van der Waals surface area contributed by atoms with Crippen LogP contribution in [0.2, 0.25) is 0 Å². The fraction of sp³-hybridized carbons (Fsp3) is 0.136. The molecular formula is C22H20N2O2. The summed E-state index contributed by atoms with van der Waals surface area (Å²) in [5.74, 6) is 0.494. The van der Waals surface area contributed by atoms with E-state index in [9.17, 15) is 9.59 Å². The van der Waals surface area contributed by atoms with Gasteiger partial charge in [0.2, 0.25) is 0 Å². The van der Waals surface area contributed by atoms with E-state index in [4.69, 9.17) is 5.73 Å². The average Bonchev–Trinajstić information content (AvgIpc) is 2.63. The topological polar surface area (TPSA) is 73.1 Å². The minimum absolute atomic E-state index is 0.0538. The summed E-state index contributed by atoms with van der Waals surface area (Å²) in [4.78, 5) is 27.9. The lowest BCUT2D eigenvalue weighted by molar-refractivity contribution is -0.117. The molecule has 130 valence electrons. The number of anilines is 1. The number of ketones is 2. The number of Topliss-reactive ketones (excluding diaryl/α,β-unsaturated/α-hetero) is 2. The molecule has 26 heavy (non-hydrogen) atoms. The van der Waals surface area contributed by atoms with Crippen molar-refractivity contribution in [1.29, 1.82) is 0 Å². The normalized spacial score (nSPS) is 10.5. The number of pyridine rings is 1. The molecule has 4 nitrogen and oxygen atoms in total. The molecule has 3 rings (SSSR count). The second-order valence-corrected chi connectivity index (χ2v) is 6.29. The maximum Gasteiger partial charge on any atom is 0.161 e. The zero-order chi connectivity index (χ0) is 18.5. The van der Waals surface area contributed by atoms with Gasteiger partial charge in [0.15, 0.2) is 5.78 Å². The average molecular weight is 344 g/mol. The van der Waals surface area contributed by atoms with Crippen LogP contribution in [0.3, 0.4) is 0 Å². The van der Waals surface area contributed by atoms with Crippen LogP contribution in [0.25, 0.3) is 11.1 Å². The Bertz CT molecular complexity index is 932. The highest BCUT2D eigenvalue weighted by Crippen LogP contribution is 2.26. The van der Waals surface area contributed by atoms with Gasteiger partial charge >= 0.3 is 0 Å². The molecule has 0 radical (unpaired) electrons. The van der Waals surface area contributed by atoms with Crippen molar-refractivity contribution < 1.29 is 9.59 Å². The summed E-state index contributed by atoms with van der Waals surface area (Å²) in [6.07, 6.45) is 2.30. The van der Waals surface area contributed by atoms with E-state index in [0.717, 1.165) is 22.3 Å². The van der Waals surface area contributed by atoms with E-state index >= 15 is 0 Å². The van der Waals surface area contributed by atoms with Gasteiger partial charge in [0, 0.05) is 30.2 Å². The molecular weight excluding hydrogens is 324 g/mol. The molecule has 2 aromatic carbocycles. The number of nitrogens with two attached hydrogens (primary N) is 1. The maximum absolute atomic E-state index is 12.2. The first kappa shape index (κ1) is 17.5. The van der Waals surface area contributed by atoms with Crippen LogP contribution in [0.4, 0.5) is 5.82 Å². The van der Waals surface area contributed by atoms with E-state index in [-0.39, 0.29) is 11.6 Å². The first-order chi connectivity index (χ1) is 12.5. The molecule has 0 amide bonds. The van der Waals surface area contributed by atoms with Crippen molar-refractivity contribution in [2.45, 2.75) is 19.8 Å². The third kappa shape index (κ3) is 4.22. The van der Waals surface area contributed by atoms with E-state index in [0.29, 0.717) is 24.2 Å². The fourth-order valence-electron chi connectivity index (χ4n) is 2.81. The number of carbonyl (C=O) groups excluding carboxylic acids is 2. The molecule has 1 heterocycles. The Morgan fingerprint density at radius 2 is 1.54 bits per heavy atom. The van der Waals surface area contributed by atoms with Crippen molar-refractivity contribution in [3.8, 4) is 11.1 Å². The van der Waals surface area contributed by atoms with Crippen molar-refractivity contribution in [3.05, 3.63) is 83.6 Å². The van der Waals surface area contributed by atoms with Crippen LogP contribution in [0.15, 0.2) is 66.9 Å². The molecule has 0 aliphatic heterocycles. The SMILES string of the molecule is CC(=O)c1cnc(N)c(-c2ccc(CC(=O)Cc3ccccc3)cc2)c1. The van der Waals surface area contributed by atoms with E-state index in [1.165, 1.54) is 13.1 Å². The maximum atomic E-state index is 12.2. The molecule has 0 aliphatic rings. The van der Waals surface area contributed by atoms with Crippen LogP contribution in [-0.2, 0) is 17.6 Å². The lowest BCUT2D eigenvalue weighted by Crippen LogP contribution is -2.06. The summed E-state index contributed by atoms with van der Waals surface area (Å²) < 4.78 is 0. The summed E-state index contributed by atoms with van der Waals surface area (Å²) in [6, 6.07) is 19.1. The molecule has 4 heteroatoms. The zero-order valence-electron chi connectivity index (χ0n) is 14.6. The molecule has 0 fully saturated rings. The van der Waals surface area contributed by atoms with Crippen molar-refractivity contribution in [1.82, 2.24) is 4.98 Å². The highest BCUT2D eigenvalue weighted by atomic mass is 16.1. The lowest BCUT2D eigenvalue weighted by Gasteiger charge is -2.08. The van der Waals surface area contributed by atoms with Gasteiger partial charge in [0.1, 0.15) is 11.6 Å². The number of hydrogen-bond donors (Lipinski definition) is 1. The Balaban J connectivity index is 1.74. The zero-order valence-corrected chi connectivity index (χ0v) is 14.6. The molecule has 0 atom stereocenters. The number of nitrogens with zero attached hydrogens (tertiary/aromatic N) is 1. The molecule has 0 spiro atoms. The molecule has 0 saturated carbocycles. The molecule has 2 N–H and O–H groups in total. The van der Waals surface area contributed by atoms with Gasteiger partial charge in [0.25, 0.3) is 0 Å². The van der Waals surface area contributed by atoms with Crippen LogP contribution in [-0.4, -0.2) is 16.6 Å². The van der Waals surface area contributed by atoms with Gasteiger partial charge < -0.3 is 5.73 Å². The smallest absolute Gasteiger partial charge is 0.161 e. The van der Waals surface area contributed by atoms with Gasteiger partial charge in [-0.05, 0) is 29.7 Å². The molecule has 1 aromatic heterocycles.